The smallest absolute Gasteiger partial charge is 0.271 e. The second-order valence-corrected chi connectivity index (χ2v) is 8.06. The number of anilines is 1. The molecule has 3 aromatic heterocycles. The number of hydrogen-bond acceptors (Lipinski definition) is 9. The lowest BCUT2D eigenvalue weighted by Gasteiger charge is -2.13. The maximum absolute atomic E-state index is 12.7. The van der Waals surface area contributed by atoms with Crippen LogP contribution < -0.4 is 5.32 Å². The van der Waals surface area contributed by atoms with Crippen molar-refractivity contribution in [2.24, 2.45) is 0 Å². The van der Waals surface area contributed by atoms with Crippen LogP contribution in [0, 0.1) is 17.0 Å². The highest BCUT2D eigenvalue weighted by Crippen LogP contribution is 2.31. The number of carbonyl (C=O) groups excluding carboxylic acids is 1. The Kier molecular flexibility index (Phi) is 5.99. The number of non-ortho nitro benzene ring substituents is 1. The molecule has 1 aromatic carbocycles. The molecule has 0 aliphatic rings. The van der Waals surface area contributed by atoms with Gasteiger partial charge in [-0.3, -0.25) is 14.9 Å². The number of rotatable bonds is 7. The summed E-state index contributed by atoms with van der Waals surface area (Å²) in [5.74, 6) is 0.620. The third-order valence-electron chi connectivity index (χ3n) is 4.52. The second-order valence-electron chi connectivity index (χ2n) is 6.75. The molecule has 4 aromatic rings. The fraction of sp³-hybridized carbons (Fsp3) is 0.143. The molecular formula is C21H17N5O5S. The molecule has 10 nitrogen and oxygen atoms in total. The summed E-state index contributed by atoms with van der Waals surface area (Å²) in [6.07, 6.45) is 3.04. The molecule has 4 rings (SSSR count). The Morgan fingerprint density at radius 2 is 1.78 bits per heavy atom. The van der Waals surface area contributed by atoms with Crippen molar-refractivity contribution in [3.8, 4) is 22.9 Å². The normalized spacial score (nSPS) is 11.8. The molecule has 0 radical (unpaired) electrons. The predicted octanol–water partition coefficient (Wildman–Crippen LogP) is 4.73. The first-order valence-electron chi connectivity index (χ1n) is 9.47. The van der Waals surface area contributed by atoms with E-state index in [-0.39, 0.29) is 16.8 Å². The molecule has 1 N–H and O–H groups in total. The molecule has 32 heavy (non-hydrogen) atoms. The number of amides is 1. The summed E-state index contributed by atoms with van der Waals surface area (Å²) in [4.78, 5) is 27.7. The van der Waals surface area contributed by atoms with Crippen LogP contribution in [0.1, 0.15) is 12.5 Å². The fourth-order valence-electron chi connectivity index (χ4n) is 2.83. The third kappa shape index (κ3) is 4.52. The molecule has 162 valence electrons. The summed E-state index contributed by atoms with van der Waals surface area (Å²) < 4.78 is 10.9. The van der Waals surface area contributed by atoms with Gasteiger partial charge in [-0.05, 0) is 43.7 Å². The van der Waals surface area contributed by atoms with Crippen LogP contribution >= 0.6 is 11.8 Å². The van der Waals surface area contributed by atoms with Gasteiger partial charge >= 0.3 is 0 Å². The van der Waals surface area contributed by atoms with Crippen LogP contribution in [0.3, 0.4) is 0 Å². The van der Waals surface area contributed by atoms with Crippen molar-refractivity contribution in [3.63, 3.8) is 0 Å². The maximum Gasteiger partial charge on any atom is 0.271 e. The summed E-state index contributed by atoms with van der Waals surface area (Å²) in [6.45, 7) is 3.44. The summed E-state index contributed by atoms with van der Waals surface area (Å²) in [7, 11) is 0. The van der Waals surface area contributed by atoms with Gasteiger partial charge in [-0.25, -0.2) is 4.98 Å². The van der Waals surface area contributed by atoms with Gasteiger partial charge in [-0.15, -0.1) is 10.2 Å². The number of nitro groups is 1. The number of nitro benzene ring substituents is 1. The van der Waals surface area contributed by atoms with E-state index in [0.29, 0.717) is 34.2 Å². The maximum atomic E-state index is 12.7. The largest absolute Gasteiger partial charge is 0.463 e. The Bertz CT molecular complexity index is 1260. The first kappa shape index (κ1) is 21.2. The summed E-state index contributed by atoms with van der Waals surface area (Å²) in [6, 6.07) is 11.2. The zero-order valence-corrected chi connectivity index (χ0v) is 17.8. The molecule has 1 atom stereocenters. The lowest BCUT2D eigenvalue weighted by molar-refractivity contribution is -0.384. The SMILES string of the molecule is Cc1ccc([N+](=O)[O-])cc1NC(=O)[C@H](C)Sc1nnc(-c2ccco2)c(-c2ccco2)n1. The molecule has 0 spiro atoms. The molecule has 0 saturated heterocycles. The molecule has 1 amide bonds. The second kappa shape index (κ2) is 9.02. The molecule has 0 fully saturated rings. The fourth-order valence-corrected chi connectivity index (χ4v) is 3.54. The molecule has 0 aliphatic heterocycles. The lowest BCUT2D eigenvalue weighted by atomic mass is 10.2. The average Bonchev–Trinajstić information content (AvgIpc) is 3.49. The number of aryl methyl sites for hydroxylation is 1. The van der Waals surface area contributed by atoms with Crippen LogP contribution in [-0.4, -0.2) is 31.3 Å². The Labute approximate surface area is 186 Å². The van der Waals surface area contributed by atoms with Crippen molar-refractivity contribution < 1.29 is 18.6 Å². The third-order valence-corrected chi connectivity index (χ3v) is 5.47. The average molecular weight is 451 g/mol. The van der Waals surface area contributed by atoms with E-state index >= 15 is 0 Å². The molecule has 0 bridgehead atoms. The van der Waals surface area contributed by atoms with Crippen LogP contribution in [-0.2, 0) is 4.79 Å². The summed E-state index contributed by atoms with van der Waals surface area (Å²) in [5, 5.41) is 21.8. The minimum atomic E-state index is -0.602. The highest BCUT2D eigenvalue weighted by molar-refractivity contribution is 8.00. The molecular weight excluding hydrogens is 434 g/mol. The van der Waals surface area contributed by atoms with E-state index in [2.05, 4.69) is 20.5 Å². The number of benzene rings is 1. The first-order chi connectivity index (χ1) is 15.4. The number of hydrogen-bond donors (Lipinski definition) is 1. The number of thioether (sulfide) groups is 1. The van der Waals surface area contributed by atoms with Crippen molar-refractivity contribution in [1.29, 1.82) is 0 Å². The Morgan fingerprint density at radius 1 is 1.09 bits per heavy atom. The van der Waals surface area contributed by atoms with Crippen molar-refractivity contribution in [2.45, 2.75) is 24.3 Å². The van der Waals surface area contributed by atoms with Gasteiger partial charge in [-0.1, -0.05) is 17.8 Å². The van der Waals surface area contributed by atoms with E-state index in [1.165, 1.54) is 24.7 Å². The Balaban J connectivity index is 1.55. The predicted molar refractivity (Wildman–Crippen MR) is 117 cm³/mol. The Morgan fingerprint density at radius 3 is 2.41 bits per heavy atom. The van der Waals surface area contributed by atoms with E-state index in [1.54, 1.807) is 44.2 Å². The highest BCUT2D eigenvalue weighted by atomic mass is 32.2. The molecule has 0 aliphatic carbocycles. The first-order valence-corrected chi connectivity index (χ1v) is 10.4. The quantitative estimate of drug-likeness (QED) is 0.240. The van der Waals surface area contributed by atoms with Crippen molar-refractivity contribution in [3.05, 3.63) is 70.7 Å². The van der Waals surface area contributed by atoms with Gasteiger partial charge in [0, 0.05) is 12.1 Å². The monoisotopic (exact) mass is 451 g/mol. The summed E-state index contributed by atoms with van der Waals surface area (Å²) in [5.41, 5.74) is 1.83. The number of furan rings is 2. The van der Waals surface area contributed by atoms with Crippen LogP contribution in [0.15, 0.2) is 69.0 Å². The lowest BCUT2D eigenvalue weighted by Crippen LogP contribution is -2.23. The van der Waals surface area contributed by atoms with Gasteiger partial charge in [0.05, 0.1) is 28.4 Å². The van der Waals surface area contributed by atoms with E-state index in [9.17, 15) is 14.9 Å². The van der Waals surface area contributed by atoms with Crippen molar-refractivity contribution >= 4 is 29.0 Å². The van der Waals surface area contributed by atoms with E-state index in [4.69, 9.17) is 8.83 Å². The topological polar surface area (TPSA) is 137 Å². The zero-order chi connectivity index (χ0) is 22.7. The molecule has 0 saturated carbocycles. The minimum absolute atomic E-state index is 0.102. The van der Waals surface area contributed by atoms with E-state index < -0.39 is 10.2 Å². The molecule has 11 heteroatoms. The van der Waals surface area contributed by atoms with Gasteiger partial charge in [0.15, 0.2) is 17.2 Å². The van der Waals surface area contributed by atoms with E-state index in [1.807, 2.05) is 0 Å². The zero-order valence-electron chi connectivity index (χ0n) is 17.0. The van der Waals surface area contributed by atoms with Gasteiger partial charge in [-0.2, -0.15) is 0 Å². The van der Waals surface area contributed by atoms with Gasteiger partial charge in [0.1, 0.15) is 5.69 Å². The number of aromatic nitrogens is 3. The standard InChI is InChI=1S/C21H17N5O5S/c1-12-7-8-14(26(28)29)11-15(12)22-20(27)13(2)32-21-23-18(16-5-3-9-30-16)19(24-25-21)17-6-4-10-31-17/h3-11,13H,1-2H3,(H,22,27)/t13-/m0/s1. The van der Waals surface area contributed by atoms with Gasteiger partial charge in [0.2, 0.25) is 11.1 Å². The van der Waals surface area contributed by atoms with Gasteiger partial charge < -0.3 is 14.2 Å². The van der Waals surface area contributed by atoms with Crippen LogP contribution in [0.5, 0.6) is 0 Å². The van der Waals surface area contributed by atoms with Crippen molar-refractivity contribution in [1.82, 2.24) is 15.2 Å². The highest BCUT2D eigenvalue weighted by Gasteiger charge is 2.22. The number of nitrogens with one attached hydrogen (secondary N) is 1. The van der Waals surface area contributed by atoms with Crippen LogP contribution in [0.25, 0.3) is 22.9 Å². The summed E-state index contributed by atoms with van der Waals surface area (Å²) >= 11 is 1.10. The Hall–Kier alpha value is -3.99. The van der Waals surface area contributed by atoms with Crippen LogP contribution in [0.4, 0.5) is 11.4 Å². The molecule has 3 heterocycles. The number of nitrogens with zero attached hydrogens (tertiary/aromatic N) is 4. The molecule has 0 unspecified atom stereocenters. The van der Waals surface area contributed by atoms with Crippen LogP contribution in [0.2, 0.25) is 0 Å². The van der Waals surface area contributed by atoms with E-state index in [0.717, 1.165) is 11.8 Å². The van der Waals surface area contributed by atoms with Gasteiger partial charge in [0.25, 0.3) is 5.69 Å². The minimum Gasteiger partial charge on any atom is -0.463 e. The number of carbonyl (C=O) groups is 1. The van der Waals surface area contributed by atoms with Crippen molar-refractivity contribution in [2.75, 3.05) is 5.32 Å².